The number of hydrogen-bond acceptors (Lipinski definition) is 3. The molecule has 0 radical (unpaired) electrons. The molecule has 1 N–H and O–H groups in total. The van der Waals surface area contributed by atoms with E-state index in [9.17, 15) is 9.90 Å². The monoisotopic (exact) mass is 244 g/mol. The number of carbonyl (C=O) groups is 1. The first-order valence-electron chi connectivity index (χ1n) is 6.04. The molecule has 0 bridgehead atoms. The fourth-order valence-electron chi connectivity index (χ4n) is 2.10. The number of nitriles is 1. The molecule has 4 nitrogen and oxygen atoms in total. The number of phenolic OH excluding ortho intramolecular Hbond substituents is 1. The zero-order valence-corrected chi connectivity index (χ0v) is 10.4. The van der Waals surface area contributed by atoms with Crippen LogP contribution >= 0.6 is 0 Å². The molecule has 1 saturated heterocycles. The van der Waals surface area contributed by atoms with Gasteiger partial charge >= 0.3 is 0 Å². The Hall–Kier alpha value is -2.02. The average molecular weight is 244 g/mol. The molecule has 0 unspecified atom stereocenters. The van der Waals surface area contributed by atoms with E-state index < -0.39 is 0 Å². The number of aromatic hydroxyl groups is 1. The molecule has 1 aromatic carbocycles. The van der Waals surface area contributed by atoms with Gasteiger partial charge in [0.25, 0.3) is 5.91 Å². The van der Waals surface area contributed by atoms with Crippen LogP contribution in [0.3, 0.4) is 0 Å². The van der Waals surface area contributed by atoms with Gasteiger partial charge in [-0.1, -0.05) is 0 Å². The predicted octanol–water partition coefficient (Wildman–Crippen LogP) is 2.16. The lowest BCUT2D eigenvalue weighted by Gasteiger charge is -2.34. The van der Waals surface area contributed by atoms with Crippen LogP contribution < -0.4 is 0 Å². The molecule has 0 atom stereocenters. The quantitative estimate of drug-likeness (QED) is 0.823. The number of piperidine rings is 1. The highest BCUT2D eigenvalue weighted by Gasteiger charge is 2.31. The Morgan fingerprint density at radius 1 is 1.33 bits per heavy atom. The number of phenols is 1. The standard InChI is InChI=1S/C14H16N2O2/c1-14(10-15)6-8-16(9-7-14)13(18)11-2-4-12(17)5-3-11/h2-5,17H,6-9H2,1H3. The molecule has 0 spiro atoms. The van der Waals surface area contributed by atoms with Gasteiger partial charge in [0.05, 0.1) is 11.5 Å². The largest absolute Gasteiger partial charge is 0.508 e. The minimum Gasteiger partial charge on any atom is -0.508 e. The van der Waals surface area contributed by atoms with E-state index in [1.165, 1.54) is 12.1 Å². The van der Waals surface area contributed by atoms with E-state index in [2.05, 4.69) is 6.07 Å². The lowest BCUT2D eigenvalue weighted by molar-refractivity contribution is 0.0661. The van der Waals surface area contributed by atoms with Gasteiger partial charge in [0.15, 0.2) is 0 Å². The molecule has 1 fully saturated rings. The van der Waals surface area contributed by atoms with Crippen LogP contribution in [0.2, 0.25) is 0 Å². The van der Waals surface area contributed by atoms with Crippen LogP contribution in [0.1, 0.15) is 30.1 Å². The molecule has 1 aliphatic heterocycles. The van der Waals surface area contributed by atoms with Crippen molar-refractivity contribution in [2.24, 2.45) is 5.41 Å². The first-order valence-corrected chi connectivity index (χ1v) is 6.04. The van der Waals surface area contributed by atoms with Crippen molar-refractivity contribution in [2.45, 2.75) is 19.8 Å². The number of hydrogen-bond donors (Lipinski definition) is 1. The van der Waals surface area contributed by atoms with Crippen LogP contribution in [0.25, 0.3) is 0 Å². The number of amides is 1. The summed E-state index contributed by atoms with van der Waals surface area (Å²) in [6.07, 6.45) is 1.43. The van der Waals surface area contributed by atoms with E-state index in [0.29, 0.717) is 31.5 Å². The third-order valence-electron chi connectivity index (χ3n) is 3.54. The molecule has 18 heavy (non-hydrogen) atoms. The number of nitrogens with zero attached hydrogens (tertiary/aromatic N) is 2. The molecule has 1 heterocycles. The molecule has 0 aromatic heterocycles. The smallest absolute Gasteiger partial charge is 0.253 e. The Bertz CT molecular complexity index is 480. The zero-order valence-electron chi connectivity index (χ0n) is 10.4. The zero-order chi connectivity index (χ0) is 13.2. The summed E-state index contributed by atoms with van der Waals surface area (Å²) in [6.45, 7) is 3.17. The molecule has 0 saturated carbocycles. The summed E-state index contributed by atoms with van der Waals surface area (Å²) in [5, 5.41) is 18.2. The number of carbonyl (C=O) groups excluding carboxylic acids is 1. The van der Waals surface area contributed by atoms with Gasteiger partial charge in [-0.15, -0.1) is 0 Å². The third-order valence-corrected chi connectivity index (χ3v) is 3.54. The van der Waals surface area contributed by atoms with Crippen molar-refractivity contribution >= 4 is 5.91 Å². The van der Waals surface area contributed by atoms with Crippen LogP contribution in [0.5, 0.6) is 5.75 Å². The van der Waals surface area contributed by atoms with Gasteiger partial charge in [-0.2, -0.15) is 5.26 Å². The van der Waals surface area contributed by atoms with Crippen molar-refractivity contribution in [3.8, 4) is 11.8 Å². The third kappa shape index (κ3) is 2.45. The molecule has 4 heteroatoms. The molecule has 94 valence electrons. The van der Waals surface area contributed by atoms with Crippen LogP contribution in [-0.4, -0.2) is 29.0 Å². The first-order chi connectivity index (χ1) is 8.54. The minimum atomic E-state index is -0.300. The molecular weight excluding hydrogens is 228 g/mol. The van der Waals surface area contributed by atoms with Gasteiger partial charge in [-0.25, -0.2) is 0 Å². The fourth-order valence-corrected chi connectivity index (χ4v) is 2.10. The first kappa shape index (κ1) is 12.4. The van der Waals surface area contributed by atoms with Crippen molar-refractivity contribution in [1.29, 1.82) is 5.26 Å². The van der Waals surface area contributed by atoms with Gasteiger partial charge in [-0.05, 0) is 44.0 Å². The SMILES string of the molecule is CC1(C#N)CCN(C(=O)c2ccc(O)cc2)CC1. The van der Waals surface area contributed by atoms with E-state index >= 15 is 0 Å². The summed E-state index contributed by atoms with van der Waals surface area (Å²) in [6, 6.07) is 8.58. The second-order valence-electron chi connectivity index (χ2n) is 5.01. The lowest BCUT2D eigenvalue weighted by atomic mass is 9.82. The van der Waals surface area contributed by atoms with Gasteiger partial charge in [0.2, 0.25) is 0 Å². The van der Waals surface area contributed by atoms with Crippen LogP contribution in [0, 0.1) is 16.7 Å². The lowest BCUT2D eigenvalue weighted by Crippen LogP contribution is -2.41. The van der Waals surface area contributed by atoms with Crippen molar-refractivity contribution < 1.29 is 9.90 Å². The van der Waals surface area contributed by atoms with E-state index in [1.54, 1.807) is 17.0 Å². The summed E-state index contributed by atoms with van der Waals surface area (Å²) < 4.78 is 0. The Balaban J connectivity index is 2.04. The topological polar surface area (TPSA) is 64.3 Å². The second kappa shape index (κ2) is 4.69. The Morgan fingerprint density at radius 3 is 2.39 bits per heavy atom. The molecule has 1 amide bonds. The molecule has 0 aliphatic carbocycles. The highest BCUT2D eigenvalue weighted by atomic mass is 16.3. The van der Waals surface area contributed by atoms with Gasteiger partial charge in [0, 0.05) is 18.7 Å². The van der Waals surface area contributed by atoms with Gasteiger partial charge in [-0.3, -0.25) is 4.79 Å². The van der Waals surface area contributed by atoms with Crippen molar-refractivity contribution in [2.75, 3.05) is 13.1 Å². The molecular formula is C14H16N2O2. The van der Waals surface area contributed by atoms with Crippen LogP contribution in [-0.2, 0) is 0 Å². The highest BCUT2D eigenvalue weighted by molar-refractivity contribution is 5.94. The number of benzene rings is 1. The maximum absolute atomic E-state index is 12.2. The van der Waals surface area contributed by atoms with Crippen LogP contribution in [0.15, 0.2) is 24.3 Å². The normalized spacial score (nSPS) is 18.1. The maximum Gasteiger partial charge on any atom is 0.253 e. The van der Waals surface area contributed by atoms with Crippen molar-refractivity contribution in [3.05, 3.63) is 29.8 Å². The van der Waals surface area contributed by atoms with Gasteiger partial charge < -0.3 is 10.0 Å². The molecule has 2 rings (SSSR count). The highest BCUT2D eigenvalue weighted by Crippen LogP contribution is 2.30. The van der Waals surface area contributed by atoms with Crippen LogP contribution in [0.4, 0.5) is 0 Å². The molecule has 1 aliphatic rings. The van der Waals surface area contributed by atoms with Gasteiger partial charge in [0.1, 0.15) is 5.75 Å². The average Bonchev–Trinajstić information content (AvgIpc) is 2.40. The maximum atomic E-state index is 12.2. The summed E-state index contributed by atoms with van der Waals surface area (Å²) >= 11 is 0. The summed E-state index contributed by atoms with van der Waals surface area (Å²) in [5.74, 6) is 0.122. The summed E-state index contributed by atoms with van der Waals surface area (Å²) in [4.78, 5) is 13.9. The van der Waals surface area contributed by atoms with E-state index in [1.807, 2.05) is 6.92 Å². The predicted molar refractivity (Wildman–Crippen MR) is 67.0 cm³/mol. The number of likely N-dealkylation sites (tertiary alicyclic amines) is 1. The summed E-state index contributed by atoms with van der Waals surface area (Å²) in [5.41, 5.74) is 0.277. The fraction of sp³-hybridized carbons (Fsp3) is 0.429. The Labute approximate surface area is 106 Å². The van der Waals surface area contributed by atoms with E-state index in [-0.39, 0.29) is 17.1 Å². The van der Waals surface area contributed by atoms with Crippen molar-refractivity contribution in [3.63, 3.8) is 0 Å². The number of rotatable bonds is 1. The van der Waals surface area contributed by atoms with Crippen molar-refractivity contribution in [1.82, 2.24) is 4.90 Å². The second-order valence-corrected chi connectivity index (χ2v) is 5.01. The Morgan fingerprint density at radius 2 is 1.89 bits per heavy atom. The minimum absolute atomic E-state index is 0.0324. The van der Waals surface area contributed by atoms with E-state index in [0.717, 1.165) is 0 Å². The van der Waals surface area contributed by atoms with E-state index in [4.69, 9.17) is 5.26 Å². The molecule has 1 aromatic rings. The summed E-state index contributed by atoms with van der Waals surface area (Å²) in [7, 11) is 0. The Kier molecular flexibility index (Phi) is 3.24.